The monoisotopic (exact) mass is 455 g/mol. The van der Waals surface area contributed by atoms with Gasteiger partial charge in [-0.05, 0) is 36.4 Å². The Balaban J connectivity index is 1.71. The molecule has 6 nitrogen and oxygen atoms in total. The Kier molecular flexibility index (Phi) is 5.19. The summed E-state index contributed by atoms with van der Waals surface area (Å²) in [5.41, 5.74) is 9.39. The van der Waals surface area contributed by atoms with Gasteiger partial charge in [0.05, 0.1) is 23.9 Å². The van der Waals surface area contributed by atoms with E-state index in [2.05, 4.69) is 19.9 Å². The van der Waals surface area contributed by atoms with E-state index < -0.39 is 11.6 Å². The fourth-order valence-corrected chi connectivity index (χ4v) is 4.31. The van der Waals surface area contributed by atoms with Crippen LogP contribution >= 0.6 is 11.6 Å². The molecule has 0 aliphatic carbocycles. The molecule has 164 valence electrons. The molecule has 1 fully saturated rings. The Morgan fingerprint density at radius 3 is 2.69 bits per heavy atom. The van der Waals surface area contributed by atoms with Crippen LogP contribution in [0.3, 0.4) is 0 Å². The van der Waals surface area contributed by atoms with Crippen molar-refractivity contribution in [1.82, 2.24) is 15.0 Å². The van der Waals surface area contributed by atoms with Gasteiger partial charge in [-0.3, -0.25) is 4.98 Å². The Morgan fingerprint density at radius 2 is 1.94 bits per heavy atom. The number of methoxy groups -OCH3 is 1. The number of halogens is 3. The number of nitrogens with one attached hydrogen (secondary N) is 1. The zero-order chi connectivity index (χ0) is 22.4. The number of hydrogen-bond donors (Lipinski definition) is 2. The van der Waals surface area contributed by atoms with Crippen LogP contribution in [-0.4, -0.2) is 41.7 Å². The lowest BCUT2D eigenvalue weighted by atomic mass is 9.94. The first kappa shape index (κ1) is 20.7. The van der Waals surface area contributed by atoms with E-state index in [-0.39, 0.29) is 11.0 Å². The van der Waals surface area contributed by atoms with Crippen molar-refractivity contribution in [2.45, 2.75) is 0 Å². The van der Waals surface area contributed by atoms with E-state index in [0.717, 1.165) is 36.0 Å². The number of aromatic nitrogens is 3. The first-order chi connectivity index (χ1) is 15.5. The maximum atomic E-state index is 14.3. The van der Waals surface area contributed by atoms with Crippen molar-refractivity contribution in [2.75, 3.05) is 31.6 Å². The summed E-state index contributed by atoms with van der Waals surface area (Å²) in [6.07, 6.45) is 3.42. The summed E-state index contributed by atoms with van der Waals surface area (Å²) in [5.74, 6) is 0.00402. The third-order valence-corrected chi connectivity index (χ3v) is 5.92. The van der Waals surface area contributed by atoms with Crippen LogP contribution in [0.2, 0.25) is 5.02 Å². The molecule has 4 aromatic rings. The number of hydrogen-bond acceptors (Lipinski definition) is 5. The van der Waals surface area contributed by atoms with Gasteiger partial charge in [0, 0.05) is 48.1 Å². The highest BCUT2D eigenvalue weighted by atomic mass is 35.5. The molecular weight excluding hydrogens is 436 g/mol. The van der Waals surface area contributed by atoms with Crippen molar-refractivity contribution in [3.63, 3.8) is 0 Å². The molecule has 0 atom stereocenters. The first-order valence-electron chi connectivity index (χ1n) is 10.1. The number of ether oxygens (including phenoxy) is 1. The average molecular weight is 456 g/mol. The van der Waals surface area contributed by atoms with Gasteiger partial charge in [-0.2, -0.15) is 0 Å². The van der Waals surface area contributed by atoms with E-state index in [0.29, 0.717) is 34.6 Å². The molecule has 1 aliphatic heterocycles. The molecule has 2 aromatic heterocycles. The number of rotatable bonds is 5. The number of imidazole rings is 1. The fourth-order valence-electron chi connectivity index (χ4n) is 4.09. The molecule has 1 aliphatic rings. The van der Waals surface area contributed by atoms with Crippen LogP contribution in [0.5, 0.6) is 5.75 Å². The second-order valence-electron chi connectivity index (χ2n) is 7.84. The molecule has 2 aromatic carbocycles. The summed E-state index contributed by atoms with van der Waals surface area (Å²) in [7, 11) is 1.58. The summed E-state index contributed by atoms with van der Waals surface area (Å²) in [6.45, 7) is 2.12. The average Bonchev–Trinajstić information content (AvgIpc) is 3.17. The number of aromatic amines is 1. The highest BCUT2D eigenvalue weighted by molar-refractivity contribution is 6.31. The van der Waals surface area contributed by atoms with Crippen molar-refractivity contribution in [1.29, 1.82) is 0 Å². The number of H-pyrrole nitrogens is 1. The molecule has 3 N–H and O–H groups in total. The lowest BCUT2D eigenvalue weighted by Gasteiger charge is -2.42. The van der Waals surface area contributed by atoms with E-state index in [4.69, 9.17) is 22.1 Å². The van der Waals surface area contributed by atoms with Crippen molar-refractivity contribution in [3.8, 4) is 28.3 Å². The molecule has 1 saturated heterocycles. The van der Waals surface area contributed by atoms with Gasteiger partial charge in [0.15, 0.2) is 5.82 Å². The normalized spacial score (nSPS) is 14.1. The van der Waals surface area contributed by atoms with Gasteiger partial charge in [-0.25, -0.2) is 13.8 Å². The number of pyridine rings is 1. The zero-order valence-corrected chi connectivity index (χ0v) is 18.0. The minimum Gasteiger partial charge on any atom is -0.497 e. The van der Waals surface area contributed by atoms with E-state index in [1.807, 2.05) is 12.1 Å². The lowest BCUT2D eigenvalue weighted by Crippen LogP contribution is -2.50. The van der Waals surface area contributed by atoms with Gasteiger partial charge >= 0.3 is 0 Å². The van der Waals surface area contributed by atoms with Crippen LogP contribution in [-0.2, 0) is 0 Å². The summed E-state index contributed by atoms with van der Waals surface area (Å²) in [4.78, 5) is 14.0. The van der Waals surface area contributed by atoms with Gasteiger partial charge in [0.2, 0.25) is 0 Å². The standard InChI is InChI=1S/C23H20ClF2N5O/c1-32-16-3-13(2-14(24)4-16)17-8-28-9-18(22(17)31-10-12(7-27)11-31)23-29-20-6-15(25)5-19(26)21(20)30-23/h2-6,8-9,12H,7,10-11,27H2,1H3,(H,29,30). The molecule has 0 amide bonds. The second-order valence-corrected chi connectivity index (χ2v) is 8.28. The van der Waals surface area contributed by atoms with Crippen LogP contribution in [0, 0.1) is 17.6 Å². The maximum Gasteiger partial charge on any atom is 0.153 e. The molecule has 0 saturated carbocycles. The van der Waals surface area contributed by atoms with Crippen LogP contribution < -0.4 is 15.4 Å². The van der Waals surface area contributed by atoms with Crippen LogP contribution in [0.25, 0.3) is 33.5 Å². The SMILES string of the molecule is COc1cc(Cl)cc(-c2cncc(-c3nc4c(F)cc(F)cc4[nH]3)c2N2CC(CN)C2)c1. The molecular formula is C23H20ClF2N5O. The van der Waals surface area contributed by atoms with Crippen molar-refractivity contribution < 1.29 is 13.5 Å². The van der Waals surface area contributed by atoms with Crippen molar-refractivity contribution in [3.05, 3.63) is 59.4 Å². The van der Waals surface area contributed by atoms with Gasteiger partial charge in [-0.1, -0.05) is 11.6 Å². The first-order valence-corrected chi connectivity index (χ1v) is 10.5. The predicted octanol–water partition coefficient (Wildman–Crippen LogP) is 4.63. The number of fused-ring (bicyclic) bond motifs is 1. The second kappa shape index (κ2) is 8.03. The van der Waals surface area contributed by atoms with Crippen LogP contribution in [0.15, 0.2) is 42.7 Å². The molecule has 3 heterocycles. The molecule has 0 unspecified atom stereocenters. The summed E-state index contributed by atoms with van der Waals surface area (Å²) >= 11 is 6.32. The highest BCUT2D eigenvalue weighted by Crippen LogP contribution is 2.42. The van der Waals surface area contributed by atoms with Crippen LogP contribution in [0.1, 0.15) is 0 Å². The van der Waals surface area contributed by atoms with Crippen molar-refractivity contribution >= 4 is 28.3 Å². The fraction of sp³-hybridized carbons (Fsp3) is 0.217. The van der Waals surface area contributed by atoms with Gasteiger partial charge in [0.1, 0.15) is 22.9 Å². The van der Waals surface area contributed by atoms with E-state index >= 15 is 0 Å². The molecule has 0 radical (unpaired) electrons. The Bertz CT molecular complexity index is 1320. The molecule has 32 heavy (non-hydrogen) atoms. The smallest absolute Gasteiger partial charge is 0.153 e. The largest absolute Gasteiger partial charge is 0.497 e. The Labute approximate surface area is 188 Å². The van der Waals surface area contributed by atoms with E-state index in [1.165, 1.54) is 6.07 Å². The van der Waals surface area contributed by atoms with E-state index in [1.54, 1.807) is 25.6 Å². The predicted molar refractivity (Wildman–Crippen MR) is 121 cm³/mol. The molecule has 5 rings (SSSR count). The van der Waals surface area contributed by atoms with Gasteiger partial charge in [0.25, 0.3) is 0 Å². The minimum absolute atomic E-state index is 0.0747. The maximum absolute atomic E-state index is 14.3. The number of benzene rings is 2. The molecule has 9 heteroatoms. The topological polar surface area (TPSA) is 80.1 Å². The van der Waals surface area contributed by atoms with Gasteiger partial charge in [-0.15, -0.1) is 0 Å². The summed E-state index contributed by atoms with van der Waals surface area (Å²) in [6, 6.07) is 7.49. The molecule has 0 bridgehead atoms. The molecule has 0 spiro atoms. The third kappa shape index (κ3) is 3.55. The summed E-state index contributed by atoms with van der Waals surface area (Å²) < 4.78 is 33.4. The lowest BCUT2D eigenvalue weighted by molar-refractivity contribution is 0.415. The zero-order valence-electron chi connectivity index (χ0n) is 17.2. The number of nitrogens with two attached hydrogens (primary N) is 1. The number of anilines is 1. The van der Waals surface area contributed by atoms with Crippen molar-refractivity contribution in [2.24, 2.45) is 11.7 Å². The van der Waals surface area contributed by atoms with Crippen LogP contribution in [0.4, 0.5) is 14.5 Å². The highest BCUT2D eigenvalue weighted by Gasteiger charge is 2.31. The van der Waals surface area contributed by atoms with E-state index in [9.17, 15) is 8.78 Å². The number of nitrogens with zero attached hydrogens (tertiary/aromatic N) is 3. The quantitative estimate of drug-likeness (QED) is 0.458. The Hall–Kier alpha value is -3.23. The van der Waals surface area contributed by atoms with Gasteiger partial charge < -0.3 is 20.4 Å². The summed E-state index contributed by atoms with van der Waals surface area (Å²) in [5, 5.41) is 0.528. The third-order valence-electron chi connectivity index (χ3n) is 5.70. The Morgan fingerprint density at radius 1 is 1.16 bits per heavy atom. The minimum atomic E-state index is -0.722.